The zero-order valence-corrected chi connectivity index (χ0v) is 15.3. The third-order valence-corrected chi connectivity index (χ3v) is 4.50. The van der Waals surface area contributed by atoms with E-state index in [1.807, 2.05) is 24.3 Å². The van der Waals surface area contributed by atoms with Crippen molar-refractivity contribution < 1.29 is 23.7 Å². The molecular formula is C21H23NO5. The van der Waals surface area contributed by atoms with Gasteiger partial charge in [-0.2, -0.15) is 0 Å². The van der Waals surface area contributed by atoms with Gasteiger partial charge in [0, 0.05) is 12.1 Å². The van der Waals surface area contributed by atoms with Gasteiger partial charge in [0.25, 0.3) is 5.91 Å². The molecule has 0 unspecified atom stereocenters. The average molecular weight is 369 g/mol. The van der Waals surface area contributed by atoms with Crippen molar-refractivity contribution in [1.29, 1.82) is 0 Å². The standard InChI is InChI=1S/C21H23NO5/c1-24-16-6-2-14(3-7-16)11-25-17-8-9-19(21(23)22-15-4-5-15)20(10-17)27-13-18-12-26-18/h2-3,6-10,15,18H,4-5,11-13H2,1H3,(H,22,23)/t18-/m0/s1. The molecule has 27 heavy (non-hydrogen) atoms. The van der Waals surface area contributed by atoms with Crippen LogP contribution >= 0.6 is 0 Å². The molecule has 2 aliphatic rings. The normalized spacial score (nSPS) is 17.9. The van der Waals surface area contributed by atoms with Crippen molar-refractivity contribution in [3.05, 3.63) is 53.6 Å². The molecule has 142 valence electrons. The fourth-order valence-corrected chi connectivity index (χ4v) is 2.63. The number of ether oxygens (including phenoxy) is 4. The van der Waals surface area contributed by atoms with E-state index in [-0.39, 0.29) is 12.0 Å². The maximum Gasteiger partial charge on any atom is 0.255 e. The minimum absolute atomic E-state index is 0.106. The predicted octanol–water partition coefficient (Wildman–Crippen LogP) is 2.94. The highest BCUT2D eigenvalue weighted by Gasteiger charge is 2.27. The van der Waals surface area contributed by atoms with Crippen molar-refractivity contribution in [2.75, 3.05) is 20.3 Å². The maximum atomic E-state index is 12.5. The molecule has 0 spiro atoms. The van der Waals surface area contributed by atoms with Crippen LogP contribution in [-0.2, 0) is 11.3 Å². The van der Waals surface area contributed by atoms with Gasteiger partial charge in [-0.05, 0) is 42.7 Å². The van der Waals surface area contributed by atoms with Crippen LogP contribution in [-0.4, -0.2) is 38.4 Å². The predicted molar refractivity (Wildman–Crippen MR) is 99.5 cm³/mol. The first-order valence-electron chi connectivity index (χ1n) is 9.16. The van der Waals surface area contributed by atoms with Crippen molar-refractivity contribution in [1.82, 2.24) is 5.32 Å². The van der Waals surface area contributed by atoms with E-state index in [0.29, 0.717) is 42.9 Å². The molecular weight excluding hydrogens is 346 g/mol. The van der Waals surface area contributed by atoms with Crippen molar-refractivity contribution in [2.45, 2.75) is 31.6 Å². The lowest BCUT2D eigenvalue weighted by molar-refractivity contribution is 0.0946. The van der Waals surface area contributed by atoms with Gasteiger partial charge in [-0.3, -0.25) is 4.79 Å². The quantitative estimate of drug-likeness (QED) is 0.688. The second-order valence-corrected chi connectivity index (χ2v) is 6.81. The lowest BCUT2D eigenvalue weighted by Gasteiger charge is -2.14. The van der Waals surface area contributed by atoms with Crippen LogP contribution in [0.5, 0.6) is 17.2 Å². The van der Waals surface area contributed by atoms with Gasteiger partial charge in [0.05, 0.1) is 19.3 Å². The Bertz CT molecular complexity index is 797. The Balaban J connectivity index is 1.44. The van der Waals surface area contributed by atoms with Crippen molar-refractivity contribution in [3.63, 3.8) is 0 Å². The van der Waals surface area contributed by atoms with Gasteiger partial charge in [-0.25, -0.2) is 0 Å². The summed E-state index contributed by atoms with van der Waals surface area (Å²) < 4.78 is 22.1. The van der Waals surface area contributed by atoms with E-state index in [2.05, 4.69) is 5.32 Å². The van der Waals surface area contributed by atoms with Crippen LogP contribution in [0.4, 0.5) is 0 Å². The molecule has 1 N–H and O–H groups in total. The summed E-state index contributed by atoms with van der Waals surface area (Å²) in [6.07, 6.45) is 2.20. The van der Waals surface area contributed by atoms with Gasteiger partial charge in [-0.1, -0.05) is 12.1 Å². The molecule has 0 aromatic heterocycles. The molecule has 1 heterocycles. The van der Waals surface area contributed by atoms with Gasteiger partial charge in [0.15, 0.2) is 0 Å². The molecule has 2 aromatic carbocycles. The number of carbonyl (C=O) groups is 1. The molecule has 1 amide bonds. The lowest BCUT2D eigenvalue weighted by atomic mass is 10.1. The monoisotopic (exact) mass is 369 g/mol. The van der Waals surface area contributed by atoms with Gasteiger partial charge >= 0.3 is 0 Å². The summed E-state index contributed by atoms with van der Waals surface area (Å²) in [7, 11) is 1.64. The molecule has 1 aliphatic heterocycles. The minimum atomic E-state index is -0.106. The number of hydrogen-bond donors (Lipinski definition) is 1. The van der Waals surface area contributed by atoms with Crippen LogP contribution < -0.4 is 19.5 Å². The number of epoxide rings is 1. The molecule has 4 rings (SSSR count). The van der Waals surface area contributed by atoms with Crippen LogP contribution in [0.3, 0.4) is 0 Å². The lowest BCUT2D eigenvalue weighted by Crippen LogP contribution is -2.26. The second-order valence-electron chi connectivity index (χ2n) is 6.81. The summed E-state index contributed by atoms with van der Waals surface area (Å²) in [6.45, 7) is 1.56. The first kappa shape index (κ1) is 17.7. The Morgan fingerprint density at radius 3 is 2.52 bits per heavy atom. The number of hydrogen-bond acceptors (Lipinski definition) is 5. The molecule has 6 nitrogen and oxygen atoms in total. The Morgan fingerprint density at radius 2 is 1.85 bits per heavy atom. The third-order valence-electron chi connectivity index (χ3n) is 4.50. The Morgan fingerprint density at radius 1 is 1.11 bits per heavy atom. The first-order chi connectivity index (χ1) is 13.2. The Hall–Kier alpha value is -2.73. The summed E-state index contributed by atoms with van der Waals surface area (Å²) in [5.41, 5.74) is 1.56. The summed E-state index contributed by atoms with van der Waals surface area (Å²) in [5, 5.41) is 3.00. The van der Waals surface area contributed by atoms with Crippen molar-refractivity contribution >= 4 is 5.91 Å². The number of amides is 1. The summed E-state index contributed by atoms with van der Waals surface area (Å²) in [4.78, 5) is 12.5. The smallest absolute Gasteiger partial charge is 0.255 e. The van der Waals surface area contributed by atoms with Crippen LogP contribution in [0, 0.1) is 0 Å². The van der Waals surface area contributed by atoms with Gasteiger partial charge < -0.3 is 24.3 Å². The fraction of sp³-hybridized carbons (Fsp3) is 0.381. The minimum Gasteiger partial charge on any atom is -0.497 e. The number of methoxy groups -OCH3 is 1. The van der Waals surface area contributed by atoms with E-state index in [4.69, 9.17) is 18.9 Å². The molecule has 0 bridgehead atoms. The van der Waals surface area contributed by atoms with Gasteiger partial charge in [0.2, 0.25) is 0 Å². The molecule has 1 saturated carbocycles. The largest absolute Gasteiger partial charge is 0.497 e. The maximum absolute atomic E-state index is 12.5. The fourth-order valence-electron chi connectivity index (χ4n) is 2.63. The number of benzene rings is 2. The molecule has 1 saturated heterocycles. The molecule has 1 aliphatic carbocycles. The number of carbonyl (C=O) groups excluding carboxylic acids is 1. The highest BCUT2D eigenvalue weighted by atomic mass is 16.6. The van der Waals surface area contributed by atoms with Crippen LogP contribution in [0.1, 0.15) is 28.8 Å². The zero-order valence-electron chi connectivity index (χ0n) is 15.3. The van der Waals surface area contributed by atoms with E-state index in [9.17, 15) is 4.79 Å². The average Bonchev–Trinajstić information content (AvgIpc) is 3.60. The van der Waals surface area contributed by atoms with E-state index in [1.54, 1.807) is 25.3 Å². The topological polar surface area (TPSA) is 69.3 Å². The summed E-state index contributed by atoms with van der Waals surface area (Å²) in [6, 6.07) is 13.3. The van der Waals surface area contributed by atoms with Crippen LogP contribution in [0.25, 0.3) is 0 Å². The molecule has 0 radical (unpaired) electrons. The first-order valence-corrected chi connectivity index (χ1v) is 9.16. The van der Waals surface area contributed by atoms with Gasteiger partial charge in [0.1, 0.15) is 36.6 Å². The SMILES string of the molecule is COc1ccc(COc2ccc(C(=O)NC3CC3)c(OC[C@@H]3CO3)c2)cc1. The Labute approximate surface area is 158 Å². The van der Waals surface area contributed by atoms with E-state index < -0.39 is 0 Å². The van der Waals surface area contributed by atoms with E-state index in [0.717, 1.165) is 24.2 Å². The van der Waals surface area contributed by atoms with Crippen molar-refractivity contribution in [2.24, 2.45) is 0 Å². The van der Waals surface area contributed by atoms with Crippen LogP contribution in [0.2, 0.25) is 0 Å². The highest BCUT2D eigenvalue weighted by molar-refractivity contribution is 5.97. The highest BCUT2D eigenvalue weighted by Crippen LogP contribution is 2.28. The second kappa shape index (κ2) is 7.88. The van der Waals surface area contributed by atoms with Gasteiger partial charge in [-0.15, -0.1) is 0 Å². The zero-order chi connectivity index (χ0) is 18.6. The number of nitrogens with one attached hydrogen (secondary N) is 1. The summed E-state index contributed by atoms with van der Waals surface area (Å²) >= 11 is 0. The third kappa shape index (κ3) is 4.92. The molecule has 6 heteroatoms. The molecule has 2 fully saturated rings. The summed E-state index contributed by atoms with van der Waals surface area (Å²) in [5.74, 6) is 1.88. The molecule has 1 atom stereocenters. The number of rotatable bonds is 9. The van der Waals surface area contributed by atoms with Crippen molar-refractivity contribution in [3.8, 4) is 17.2 Å². The van der Waals surface area contributed by atoms with E-state index >= 15 is 0 Å². The molecule has 2 aromatic rings. The Kier molecular flexibility index (Phi) is 5.16. The van der Waals surface area contributed by atoms with E-state index in [1.165, 1.54) is 0 Å². The van der Waals surface area contributed by atoms with Crippen LogP contribution in [0.15, 0.2) is 42.5 Å².